The second-order valence-electron chi connectivity index (χ2n) is 26.0. The van der Waals surface area contributed by atoms with E-state index in [-0.39, 0.29) is 96.2 Å². The maximum absolute atomic E-state index is 12.5. The zero-order chi connectivity index (χ0) is 81.5. The Morgan fingerprint density at radius 3 is 1.47 bits per heavy atom. The number of anilines is 7. The molecule has 616 valence electrons. The van der Waals surface area contributed by atoms with E-state index in [2.05, 4.69) is 89.1 Å². The molecule has 33 nitrogen and oxygen atoms in total. The predicted octanol–water partition coefficient (Wildman–Crippen LogP) is 10.1. The summed E-state index contributed by atoms with van der Waals surface area (Å²) in [7, 11) is 3.67. The molecule has 0 bridgehead atoms. The van der Waals surface area contributed by atoms with Crippen LogP contribution in [0.15, 0.2) is 91.7 Å². The molecule has 0 spiro atoms. The molecule has 1 aromatic carbocycles. The van der Waals surface area contributed by atoms with Crippen molar-refractivity contribution in [2.45, 2.75) is 77.9 Å². The zero-order valence-corrected chi connectivity index (χ0v) is 68.5. The van der Waals surface area contributed by atoms with Crippen LogP contribution in [-0.2, 0) is 60.8 Å². The van der Waals surface area contributed by atoms with Crippen LogP contribution in [0.2, 0.25) is 10.2 Å². The molecule has 5 aromatic heterocycles. The fourth-order valence-electron chi connectivity index (χ4n) is 13.0. The number of hydrogen-bond acceptors (Lipinski definition) is 33. The number of aliphatic hydroxyl groups excluding tert-OH is 1. The molecule has 0 radical (unpaired) electrons. The summed E-state index contributed by atoms with van der Waals surface area (Å²) in [5, 5.41) is 40.1. The first kappa shape index (κ1) is 89.6. The largest absolute Gasteiger partial charge is 0.466 e. The average molecular weight is 1720 g/mol. The smallest absolute Gasteiger partial charge is 0.339 e. The van der Waals surface area contributed by atoms with Crippen molar-refractivity contribution < 1.29 is 77.0 Å². The fourth-order valence-corrected chi connectivity index (χ4v) is 18.6. The molecule has 5 unspecified atom stereocenters. The van der Waals surface area contributed by atoms with Crippen LogP contribution < -0.4 is 35.6 Å². The van der Waals surface area contributed by atoms with Crippen molar-refractivity contribution in [3.8, 4) is 0 Å². The Bertz CT molecular complexity index is 4540. The Labute approximate surface area is 695 Å². The normalized spacial score (nSPS) is 19.5. The van der Waals surface area contributed by atoms with Gasteiger partial charge >= 0.3 is 41.2 Å². The highest BCUT2D eigenvalue weighted by molar-refractivity contribution is 8.00. The number of thioether (sulfide) groups is 5. The first-order chi connectivity index (χ1) is 55.1. The lowest BCUT2D eigenvalue weighted by Crippen LogP contribution is -2.53. The van der Waals surface area contributed by atoms with Crippen molar-refractivity contribution in [1.82, 2.24) is 29.8 Å². The summed E-state index contributed by atoms with van der Waals surface area (Å²) < 4.78 is 23.5. The van der Waals surface area contributed by atoms with Gasteiger partial charge in [0, 0.05) is 146 Å². The number of carbonyl (C=O) groups is 8. The van der Waals surface area contributed by atoms with Crippen LogP contribution in [0.3, 0.4) is 0 Å². The van der Waals surface area contributed by atoms with Crippen molar-refractivity contribution in [3.05, 3.63) is 155 Å². The van der Waals surface area contributed by atoms with Crippen LogP contribution in [0.25, 0.3) is 5.57 Å². The second kappa shape index (κ2) is 43.6. The molecule has 5 saturated heterocycles. The van der Waals surface area contributed by atoms with Gasteiger partial charge in [-0.2, -0.15) is 58.8 Å². The number of carbonyl (C=O) groups excluding carboxylic acids is 8. The highest BCUT2D eigenvalue weighted by Crippen LogP contribution is 2.39. The Morgan fingerprint density at radius 2 is 0.991 bits per heavy atom. The number of nitrogens with zero attached hydrogens (tertiary/aromatic N) is 12. The van der Waals surface area contributed by atoms with Crippen molar-refractivity contribution in [1.29, 1.82) is 0 Å². The lowest BCUT2D eigenvalue weighted by Gasteiger charge is -2.39. The summed E-state index contributed by atoms with van der Waals surface area (Å²) in [6.45, 7) is 9.92. The van der Waals surface area contributed by atoms with E-state index in [9.17, 15) is 58.6 Å². The van der Waals surface area contributed by atoms with E-state index < -0.39 is 45.5 Å². The quantitative estimate of drug-likeness (QED) is 0.0259. The molecule has 9 aliphatic rings. The van der Waals surface area contributed by atoms with Gasteiger partial charge in [-0.1, -0.05) is 48.8 Å². The van der Waals surface area contributed by atoms with Crippen molar-refractivity contribution in [2.75, 3.05) is 167 Å². The molecule has 5 fully saturated rings. The third-order valence-corrected chi connectivity index (χ3v) is 24.6. The molecule has 3 amide bonds. The van der Waals surface area contributed by atoms with E-state index in [4.69, 9.17) is 42.8 Å². The topological polar surface area (TPSA) is 406 Å². The highest BCUT2D eigenvalue weighted by atomic mass is 35.5. The number of nitro groups is 2. The monoisotopic (exact) mass is 1720 g/mol. The first-order valence-corrected chi connectivity index (χ1v) is 42.8. The minimum absolute atomic E-state index is 0. The molecule has 5 atom stereocenters. The van der Waals surface area contributed by atoms with Gasteiger partial charge in [-0.3, -0.25) is 44.3 Å². The number of pyridine rings is 5. The number of ether oxygens (including phenoxy) is 5. The molecule has 0 saturated carbocycles. The summed E-state index contributed by atoms with van der Waals surface area (Å²) in [5.41, 5.74) is 6.16. The average Bonchev–Trinajstić information content (AvgIpc) is 0.785. The van der Waals surface area contributed by atoms with E-state index in [1.165, 1.54) is 50.6 Å². The standard InChI is InChI=1S/C22H23ClN4OS.C14H17N3O6S.C12H13N3O3S.C11H13N3O2S.C8H14O2S.C7H5ClN2O4.CH4/c23-18-3-1-16(2-4-18)17-5-7-26(8-6-17)13-15-11-19-21(24-12-15)27-9-10-29-14-20(27)22(28)25-19;1-3-23-14(19)11-8-24-5-4-16(11)12-10(17(20)21)6-9(7-15-12)13(18)22-2;1-18-12(17)7-4-8-10(13-5-7)15-2-3-19-6-9(15)11(16)14-8;15-5-7-3-8-10(12-4-7)14-1-2-17-6-9(14)11(16)13-8;1-2-10-8(9)7-4-3-5-11-6-7;1-14-7(11)4-2-5(10(12)13)6(8)9-3-4;/h1-5,11-12,20H,6-10,13-14H2,(H,25,28);6-7,11H,3-5,8H2,1-2H3;4-5,9H,2-3,6H2,1H3,(H,14,16);3-4,9,15H,1-2,5-6H2,(H,13,16);7H,2-6H2,1H3;2-3H,1H3;1H4. The summed E-state index contributed by atoms with van der Waals surface area (Å²) >= 11 is 20.3. The lowest BCUT2D eigenvalue weighted by atomic mass is 9.99. The number of esters is 5. The van der Waals surface area contributed by atoms with E-state index in [1.807, 2.05) is 53.7 Å². The number of aliphatic hydroxyl groups is 1. The molecular weight excluding hydrogens is 1630 g/mol. The molecule has 4 N–H and O–H groups in total. The number of hydrogen-bond donors (Lipinski definition) is 4. The first-order valence-electron chi connectivity index (χ1n) is 36.2. The number of halogens is 2. The third kappa shape index (κ3) is 23.3. The third-order valence-electron chi connectivity index (χ3n) is 18.8. The molecule has 0 aliphatic carbocycles. The van der Waals surface area contributed by atoms with Gasteiger partial charge in [-0.15, -0.1) is 0 Å². The molecule has 15 rings (SSSR count). The van der Waals surface area contributed by atoms with E-state index in [1.54, 1.807) is 65.4 Å². The number of rotatable bonds is 14. The Morgan fingerprint density at radius 1 is 0.548 bits per heavy atom. The minimum Gasteiger partial charge on any atom is -0.466 e. The van der Waals surface area contributed by atoms with Gasteiger partial charge in [0.2, 0.25) is 28.7 Å². The van der Waals surface area contributed by atoms with E-state index >= 15 is 0 Å². The van der Waals surface area contributed by atoms with Crippen LogP contribution >= 0.6 is 82.0 Å². The number of aromatic nitrogens is 5. The van der Waals surface area contributed by atoms with Crippen LogP contribution in [0.1, 0.15) is 88.3 Å². The van der Waals surface area contributed by atoms with Gasteiger partial charge in [0.25, 0.3) is 0 Å². The number of nitrogens with one attached hydrogen (secondary N) is 3. The highest BCUT2D eigenvalue weighted by Gasteiger charge is 2.41. The number of fused-ring (bicyclic) bond motifs is 9. The number of methoxy groups -OCH3 is 3. The van der Waals surface area contributed by atoms with E-state index in [0.717, 1.165) is 151 Å². The van der Waals surface area contributed by atoms with Crippen molar-refractivity contribution >= 4 is 187 Å². The predicted molar refractivity (Wildman–Crippen MR) is 449 cm³/mol. The molecular formula is C75H89Cl2N15O18S5. The summed E-state index contributed by atoms with van der Waals surface area (Å²) in [6, 6.07) is 14.7. The molecule has 40 heteroatoms. The lowest BCUT2D eigenvalue weighted by molar-refractivity contribution is -0.385. The maximum atomic E-state index is 12.5. The molecule has 9 aliphatic heterocycles. The fraction of sp³-hybridized carbons (Fsp3) is 0.453. The molecule has 6 aromatic rings. The number of benzene rings is 1. The van der Waals surface area contributed by atoms with Crippen LogP contribution in [-0.4, -0.2) is 248 Å². The SMILES string of the molecule is C.CCOC(=O)C1CCCSC1.CCOC(=O)C1CSCCN1c1ncc(C(=O)OC)cc1[N+](=O)[O-].COC(=O)c1cnc(Cl)c([N+](=O)[O-])c1.COC(=O)c1cnc2c(c1)NC(=O)C1CSCCN21.O=C1Nc2cc(CN3CC=C(c4ccc(Cl)cc4)CC3)cnc2N2CCSCC12.O=C1Nc2cc(CO)cnc2N2CCSCC12. The Hall–Kier alpha value is -9.28. The van der Waals surface area contributed by atoms with Gasteiger partial charge in [0.15, 0.2) is 17.5 Å². The van der Waals surface area contributed by atoms with Gasteiger partial charge in [0.05, 0.1) is 90.7 Å². The summed E-state index contributed by atoms with van der Waals surface area (Å²) in [5.74, 6) is 9.25. The maximum Gasteiger partial charge on any atom is 0.339 e. The summed E-state index contributed by atoms with van der Waals surface area (Å²) in [6.07, 6.45) is 12.9. The number of amides is 3. The van der Waals surface area contributed by atoms with E-state index in [0.29, 0.717) is 47.2 Å². The van der Waals surface area contributed by atoms with Crippen LogP contribution in [0.5, 0.6) is 0 Å². The van der Waals surface area contributed by atoms with Gasteiger partial charge in [0.1, 0.15) is 24.2 Å². The zero-order valence-electron chi connectivity index (χ0n) is 62.9. The second-order valence-corrected chi connectivity index (χ2v) is 32.6. The van der Waals surface area contributed by atoms with Gasteiger partial charge in [-0.05, 0) is 91.5 Å². The van der Waals surface area contributed by atoms with Gasteiger partial charge < -0.3 is 64.3 Å². The molecule has 115 heavy (non-hydrogen) atoms. The summed E-state index contributed by atoms with van der Waals surface area (Å²) in [4.78, 5) is 145. The van der Waals surface area contributed by atoms with Crippen molar-refractivity contribution in [2.24, 2.45) is 5.92 Å². The molecule has 14 heterocycles. The van der Waals surface area contributed by atoms with Crippen molar-refractivity contribution in [3.63, 3.8) is 0 Å². The van der Waals surface area contributed by atoms with Crippen LogP contribution in [0.4, 0.5) is 51.7 Å². The Balaban J connectivity index is 0.000000162. The van der Waals surface area contributed by atoms with Crippen LogP contribution in [0, 0.1) is 26.1 Å². The minimum atomic E-state index is -0.720. The Kier molecular flexibility index (Phi) is 34.0. The van der Waals surface area contributed by atoms with Gasteiger partial charge in [-0.25, -0.2) is 44.1 Å².